The topological polar surface area (TPSA) is 41.6 Å². The first kappa shape index (κ1) is 16.8. The molecule has 0 saturated carbocycles. The van der Waals surface area contributed by atoms with Gasteiger partial charge in [0.1, 0.15) is 5.75 Å². The number of amides is 1. The summed E-state index contributed by atoms with van der Waals surface area (Å²) >= 11 is 0. The van der Waals surface area contributed by atoms with Gasteiger partial charge in [-0.15, -0.1) is 0 Å². The monoisotopic (exact) mass is 304 g/mol. The zero-order valence-corrected chi connectivity index (χ0v) is 14.0. The van der Waals surface area contributed by atoms with Crippen LogP contribution in [0.1, 0.15) is 49.8 Å². The Morgan fingerprint density at radius 3 is 3.00 bits per heavy atom. The van der Waals surface area contributed by atoms with E-state index in [1.807, 2.05) is 12.1 Å². The molecule has 0 fully saturated rings. The van der Waals surface area contributed by atoms with Gasteiger partial charge in [-0.2, -0.15) is 0 Å². The van der Waals surface area contributed by atoms with Crippen molar-refractivity contribution < 1.29 is 9.53 Å². The molecule has 1 amide bonds. The van der Waals surface area contributed by atoms with Crippen molar-refractivity contribution in [3.8, 4) is 5.75 Å². The van der Waals surface area contributed by atoms with Crippen molar-refractivity contribution in [1.29, 1.82) is 0 Å². The number of carbonyl (C=O) groups is 1. The highest BCUT2D eigenvalue weighted by atomic mass is 16.5. The Bertz CT molecular complexity index is 502. The minimum atomic E-state index is 0.0806. The summed E-state index contributed by atoms with van der Waals surface area (Å²) in [6.45, 7) is 6.79. The number of unbranched alkanes of at least 4 members (excludes halogenated alkanes) is 1. The van der Waals surface area contributed by atoms with E-state index < -0.39 is 0 Å². The van der Waals surface area contributed by atoms with E-state index in [-0.39, 0.29) is 11.9 Å². The lowest BCUT2D eigenvalue weighted by Crippen LogP contribution is -2.34. The molecule has 0 bridgehead atoms. The predicted octanol–water partition coefficient (Wildman–Crippen LogP) is 3.06. The van der Waals surface area contributed by atoms with E-state index in [4.69, 9.17) is 4.74 Å². The molecule has 0 radical (unpaired) electrons. The van der Waals surface area contributed by atoms with E-state index in [2.05, 4.69) is 37.2 Å². The van der Waals surface area contributed by atoms with Gasteiger partial charge in [-0.1, -0.05) is 31.0 Å². The second kappa shape index (κ2) is 8.18. The molecule has 1 atom stereocenters. The van der Waals surface area contributed by atoms with Crippen molar-refractivity contribution >= 4 is 5.91 Å². The maximum absolute atomic E-state index is 12.2. The van der Waals surface area contributed by atoms with Crippen molar-refractivity contribution in [2.24, 2.45) is 0 Å². The largest absolute Gasteiger partial charge is 0.493 e. The molecule has 1 aliphatic rings. The van der Waals surface area contributed by atoms with Gasteiger partial charge in [-0.3, -0.25) is 4.79 Å². The zero-order valence-electron chi connectivity index (χ0n) is 14.0. The number of ether oxygens (including phenoxy) is 1. The minimum Gasteiger partial charge on any atom is -0.493 e. The average molecular weight is 304 g/mol. The Kier molecular flexibility index (Phi) is 6.25. The van der Waals surface area contributed by atoms with Crippen LogP contribution >= 0.6 is 0 Å². The molecule has 1 aliphatic heterocycles. The molecule has 122 valence electrons. The molecule has 0 saturated heterocycles. The summed E-state index contributed by atoms with van der Waals surface area (Å²) in [6.07, 6.45) is 3.77. The summed E-state index contributed by atoms with van der Waals surface area (Å²) in [7, 11) is 2.08. The van der Waals surface area contributed by atoms with Gasteiger partial charge < -0.3 is 15.0 Å². The lowest BCUT2D eigenvalue weighted by molar-refractivity contribution is -0.122. The highest BCUT2D eigenvalue weighted by Gasteiger charge is 2.23. The molecule has 2 rings (SSSR count). The predicted molar refractivity (Wildman–Crippen MR) is 89.2 cm³/mol. The molecule has 0 aliphatic carbocycles. The molecule has 1 N–H and O–H groups in total. The summed E-state index contributed by atoms with van der Waals surface area (Å²) in [5.41, 5.74) is 2.31. The Hall–Kier alpha value is -1.55. The molecule has 0 aromatic heterocycles. The Morgan fingerprint density at radius 1 is 1.41 bits per heavy atom. The molecule has 22 heavy (non-hydrogen) atoms. The van der Waals surface area contributed by atoms with E-state index in [0.717, 1.165) is 30.8 Å². The summed E-state index contributed by atoms with van der Waals surface area (Å²) in [4.78, 5) is 14.4. The van der Waals surface area contributed by atoms with Crippen molar-refractivity contribution in [3.63, 3.8) is 0 Å². The molecular weight excluding hydrogens is 276 g/mol. The van der Waals surface area contributed by atoms with Gasteiger partial charge in [0.25, 0.3) is 0 Å². The number of nitrogens with one attached hydrogen (secondary N) is 1. The fraction of sp³-hybridized carbons (Fsp3) is 0.611. The number of fused-ring (bicyclic) bond motifs is 1. The third-order valence-corrected chi connectivity index (χ3v) is 4.15. The van der Waals surface area contributed by atoms with Gasteiger partial charge in [0.05, 0.1) is 12.6 Å². The van der Waals surface area contributed by atoms with Crippen LogP contribution in [0.5, 0.6) is 5.75 Å². The van der Waals surface area contributed by atoms with E-state index in [1.54, 1.807) is 0 Å². The average Bonchev–Trinajstić information content (AvgIpc) is 2.51. The third kappa shape index (κ3) is 4.73. The second-order valence-electron chi connectivity index (χ2n) is 6.21. The number of nitrogens with zero attached hydrogens (tertiary/aromatic N) is 1. The van der Waals surface area contributed by atoms with Gasteiger partial charge >= 0.3 is 0 Å². The molecule has 4 nitrogen and oxygen atoms in total. The zero-order chi connectivity index (χ0) is 15.9. The molecular formula is C18H28N2O2. The summed E-state index contributed by atoms with van der Waals surface area (Å²) in [5.74, 6) is 1.03. The van der Waals surface area contributed by atoms with Crippen molar-refractivity contribution in [2.75, 3.05) is 26.7 Å². The van der Waals surface area contributed by atoms with E-state index in [9.17, 15) is 4.79 Å². The van der Waals surface area contributed by atoms with E-state index in [0.29, 0.717) is 13.0 Å². The first-order valence-corrected chi connectivity index (χ1v) is 8.31. The maximum atomic E-state index is 12.2. The van der Waals surface area contributed by atoms with Crippen LogP contribution in [0.4, 0.5) is 0 Å². The van der Waals surface area contributed by atoms with Gasteiger partial charge in [0.2, 0.25) is 5.91 Å². The Balaban J connectivity index is 1.86. The molecule has 1 unspecified atom stereocenters. The molecule has 1 aromatic rings. The van der Waals surface area contributed by atoms with Crippen molar-refractivity contribution in [3.05, 3.63) is 29.3 Å². The first-order valence-electron chi connectivity index (χ1n) is 8.31. The smallest absolute Gasteiger partial charge is 0.221 e. The number of hydrogen-bond donors (Lipinski definition) is 1. The molecule has 1 heterocycles. The third-order valence-electron chi connectivity index (χ3n) is 4.15. The van der Waals surface area contributed by atoms with Gasteiger partial charge in [0, 0.05) is 24.9 Å². The van der Waals surface area contributed by atoms with E-state index in [1.165, 1.54) is 18.4 Å². The Labute approximate surface area is 133 Å². The van der Waals surface area contributed by atoms with Crippen molar-refractivity contribution in [1.82, 2.24) is 10.2 Å². The van der Waals surface area contributed by atoms with Crippen LogP contribution in [0.2, 0.25) is 0 Å². The Morgan fingerprint density at radius 2 is 2.23 bits per heavy atom. The van der Waals surface area contributed by atoms with Crippen LogP contribution in [-0.2, 0) is 4.79 Å². The normalized spacial score (nSPS) is 17.0. The van der Waals surface area contributed by atoms with Crippen LogP contribution in [0.15, 0.2) is 18.2 Å². The highest BCUT2D eigenvalue weighted by molar-refractivity contribution is 5.76. The van der Waals surface area contributed by atoms with Crippen LogP contribution in [-0.4, -0.2) is 37.6 Å². The van der Waals surface area contributed by atoms with Gasteiger partial charge in [-0.25, -0.2) is 0 Å². The number of benzene rings is 1. The quantitative estimate of drug-likeness (QED) is 0.842. The van der Waals surface area contributed by atoms with Gasteiger partial charge in [0.15, 0.2) is 0 Å². The summed E-state index contributed by atoms with van der Waals surface area (Å²) in [5, 5.41) is 3.17. The lowest BCUT2D eigenvalue weighted by atomic mass is 9.98. The second-order valence-corrected chi connectivity index (χ2v) is 6.21. The summed E-state index contributed by atoms with van der Waals surface area (Å²) in [6, 6.07) is 6.25. The van der Waals surface area contributed by atoms with E-state index >= 15 is 0 Å². The van der Waals surface area contributed by atoms with Crippen LogP contribution < -0.4 is 10.1 Å². The number of rotatable bonds is 7. The van der Waals surface area contributed by atoms with Crippen LogP contribution in [0.25, 0.3) is 0 Å². The first-order chi connectivity index (χ1) is 10.6. The van der Waals surface area contributed by atoms with Crippen LogP contribution in [0.3, 0.4) is 0 Å². The standard InChI is InChI=1S/C18H28N2O2/c1-4-5-10-20(3)11-8-18(21)19-16-9-12-22-17-7-6-14(2)13-15(16)17/h6-7,13,16H,4-5,8-12H2,1-3H3,(H,19,21). The number of carbonyl (C=O) groups excluding carboxylic acids is 1. The molecule has 1 aromatic carbocycles. The molecule has 4 heteroatoms. The SMILES string of the molecule is CCCCN(C)CCC(=O)NC1CCOc2ccc(C)cc21. The minimum absolute atomic E-state index is 0.0806. The van der Waals surface area contributed by atoms with Crippen LogP contribution in [0, 0.1) is 6.92 Å². The number of aryl methyl sites for hydroxylation is 1. The fourth-order valence-corrected chi connectivity index (χ4v) is 2.76. The van der Waals surface area contributed by atoms with Crippen molar-refractivity contribution in [2.45, 2.75) is 45.6 Å². The highest BCUT2D eigenvalue weighted by Crippen LogP contribution is 2.32. The lowest BCUT2D eigenvalue weighted by Gasteiger charge is -2.27. The number of hydrogen-bond acceptors (Lipinski definition) is 3. The fourth-order valence-electron chi connectivity index (χ4n) is 2.76. The van der Waals surface area contributed by atoms with Gasteiger partial charge in [-0.05, 0) is 33.0 Å². The summed E-state index contributed by atoms with van der Waals surface area (Å²) < 4.78 is 5.67. The maximum Gasteiger partial charge on any atom is 0.221 e. The molecule has 0 spiro atoms.